The third-order valence-electron chi connectivity index (χ3n) is 4.36. The summed E-state index contributed by atoms with van der Waals surface area (Å²) >= 11 is 0. The second-order valence-corrected chi connectivity index (χ2v) is 5.54. The number of carboxylic acid groups (broad SMARTS) is 1. The first-order chi connectivity index (χ1) is 8.70. The Morgan fingerprint density at radius 3 is 2.89 bits per heavy atom. The highest BCUT2D eigenvalue weighted by molar-refractivity contribution is 5.75. The molecule has 2 aliphatic rings. The highest BCUT2D eigenvalue weighted by Gasteiger charge is 2.42. The van der Waals surface area contributed by atoms with Crippen molar-refractivity contribution in [3.63, 3.8) is 0 Å². The Hall–Kier alpha value is -1.36. The zero-order valence-electron chi connectivity index (χ0n) is 10.5. The summed E-state index contributed by atoms with van der Waals surface area (Å²) in [6.07, 6.45) is 7.57. The molecule has 98 valence electrons. The molecule has 0 atom stereocenters. The van der Waals surface area contributed by atoms with Crippen LogP contribution in [0.2, 0.25) is 0 Å². The smallest absolute Gasteiger partial charge is 0.310 e. The fraction of sp³-hybridized carbons (Fsp3) is 0.692. The van der Waals surface area contributed by atoms with Crippen molar-refractivity contribution in [2.75, 3.05) is 13.1 Å². The molecule has 0 unspecified atom stereocenters. The van der Waals surface area contributed by atoms with E-state index in [1.165, 1.54) is 0 Å². The van der Waals surface area contributed by atoms with Crippen molar-refractivity contribution in [2.45, 2.75) is 38.8 Å². The molecular formula is C13H19N3O2. The third kappa shape index (κ3) is 1.92. The van der Waals surface area contributed by atoms with Crippen LogP contribution in [0.15, 0.2) is 12.4 Å². The van der Waals surface area contributed by atoms with Crippen molar-refractivity contribution in [2.24, 2.45) is 5.41 Å². The van der Waals surface area contributed by atoms with E-state index in [1.54, 1.807) is 0 Å². The van der Waals surface area contributed by atoms with E-state index in [9.17, 15) is 9.90 Å². The van der Waals surface area contributed by atoms with Gasteiger partial charge in [0.15, 0.2) is 0 Å². The summed E-state index contributed by atoms with van der Waals surface area (Å²) < 4.78 is 2.15. The van der Waals surface area contributed by atoms with Crippen molar-refractivity contribution in [3.05, 3.63) is 18.2 Å². The molecule has 0 amide bonds. The average molecular weight is 249 g/mol. The Bertz CT molecular complexity index is 449. The van der Waals surface area contributed by atoms with Gasteiger partial charge in [-0.05, 0) is 12.8 Å². The molecule has 5 nitrogen and oxygen atoms in total. The Labute approximate surface area is 106 Å². The van der Waals surface area contributed by atoms with Gasteiger partial charge in [-0.2, -0.15) is 0 Å². The first-order valence-electron chi connectivity index (χ1n) is 6.65. The summed E-state index contributed by atoms with van der Waals surface area (Å²) in [4.78, 5) is 18.1. The molecule has 1 saturated carbocycles. The first-order valence-corrected chi connectivity index (χ1v) is 6.65. The van der Waals surface area contributed by atoms with Gasteiger partial charge in [-0.25, -0.2) is 4.98 Å². The topological polar surface area (TPSA) is 58.4 Å². The zero-order valence-corrected chi connectivity index (χ0v) is 10.5. The van der Waals surface area contributed by atoms with E-state index < -0.39 is 11.4 Å². The molecular weight excluding hydrogens is 230 g/mol. The van der Waals surface area contributed by atoms with Gasteiger partial charge in [-0.15, -0.1) is 0 Å². The molecule has 1 aliphatic heterocycles. The standard InChI is InChI=1S/C13H19N3O2/c17-12(18)13(3-1-2-4-13)10-15-7-8-16-6-5-14-11(16)9-15/h5-6H,1-4,7-10H2,(H,17,18). The fourth-order valence-electron chi connectivity index (χ4n) is 3.28. The van der Waals surface area contributed by atoms with Gasteiger partial charge >= 0.3 is 5.97 Å². The number of aliphatic carboxylic acids is 1. The van der Waals surface area contributed by atoms with Crippen molar-refractivity contribution in [1.29, 1.82) is 0 Å². The van der Waals surface area contributed by atoms with E-state index in [-0.39, 0.29) is 0 Å². The maximum absolute atomic E-state index is 11.5. The second-order valence-electron chi connectivity index (χ2n) is 5.54. The second kappa shape index (κ2) is 4.39. The maximum atomic E-state index is 11.5. The number of carbonyl (C=O) groups is 1. The maximum Gasteiger partial charge on any atom is 0.310 e. The minimum atomic E-state index is -0.617. The van der Waals surface area contributed by atoms with Crippen molar-refractivity contribution >= 4 is 5.97 Å². The van der Waals surface area contributed by atoms with Gasteiger partial charge in [0.05, 0.1) is 12.0 Å². The van der Waals surface area contributed by atoms with Gasteiger partial charge in [-0.3, -0.25) is 9.69 Å². The fourth-order valence-corrected chi connectivity index (χ4v) is 3.28. The normalized spacial score (nSPS) is 22.9. The molecule has 1 fully saturated rings. The van der Waals surface area contributed by atoms with Crippen LogP contribution in [-0.4, -0.2) is 38.6 Å². The molecule has 2 heterocycles. The van der Waals surface area contributed by atoms with E-state index in [0.29, 0.717) is 6.54 Å². The molecule has 1 aromatic heterocycles. The molecule has 0 spiro atoms. The number of aromatic nitrogens is 2. The van der Waals surface area contributed by atoms with Gasteiger partial charge in [0.1, 0.15) is 5.82 Å². The lowest BCUT2D eigenvalue weighted by molar-refractivity contribution is -0.150. The average Bonchev–Trinajstić information content (AvgIpc) is 2.97. The van der Waals surface area contributed by atoms with Gasteiger partial charge < -0.3 is 9.67 Å². The predicted octanol–water partition coefficient (Wildman–Crippen LogP) is 1.34. The number of nitrogens with zero attached hydrogens (tertiary/aromatic N) is 3. The highest BCUT2D eigenvalue weighted by atomic mass is 16.4. The van der Waals surface area contributed by atoms with Crippen molar-refractivity contribution < 1.29 is 9.90 Å². The number of rotatable bonds is 3. The Kier molecular flexibility index (Phi) is 2.86. The molecule has 5 heteroatoms. The molecule has 0 radical (unpaired) electrons. The van der Waals surface area contributed by atoms with Crippen LogP contribution in [0, 0.1) is 5.41 Å². The number of fused-ring (bicyclic) bond motifs is 1. The van der Waals surface area contributed by atoms with Gasteiger partial charge in [0, 0.05) is 32.0 Å². The van der Waals surface area contributed by atoms with Crippen LogP contribution >= 0.6 is 0 Å². The van der Waals surface area contributed by atoms with Crippen LogP contribution in [0.4, 0.5) is 0 Å². The summed E-state index contributed by atoms with van der Waals surface area (Å²) in [5.74, 6) is 0.439. The minimum absolute atomic E-state index is 0.505. The Morgan fingerprint density at radius 1 is 1.39 bits per heavy atom. The van der Waals surface area contributed by atoms with E-state index in [2.05, 4.69) is 14.5 Å². The molecule has 1 aliphatic carbocycles. The molecule has 1 aromatic rings. The summed E-state index contributed by atoms with van der Waals surface area (Å²) in [6, 6.07) is 0. The minimum Gasteiger partial charge on any atom is -0.481 e. The van der Waals surface area contributed by atoms with E-state index >= 15 is 0 Å². The lowest BCUT2D eigenvalue weighted by Crippen LogP contribution is -2.44. The largest absolute Gasteiger partial charge is 0.481 e. The Morgan fingerprint density at radius 2 is 2.17 bits per heavy atom. The van der Waals surface area contributed by atoms with Crippen molar-refractivity contribution in [3.8, 4) is 0 Å². The lowest BCUT2D eigenvalue weighted by Gasteiger charge is -2.34. The molecule has 0 aromatic carbocycles. The molecule has 3 rings (SSSR count). The Balaban J connectivity index is 1.72. The first kappa shape index (κ1) is 11.7. The van der Waals surface area contributed by atoms with Gasteiger partial charge in [-0.1, -0.05) is 12.8 Å². The quantitative estimate of drug-likeness (QED) is 0.878. The van der Waals surface area contributed by atoms with Crippen LogP contribution in [0.25, 0.3) is 0 Å². The van der Waals surface area contributed by atoms with Gasteiger partial charge in [0.25, 0.3) is 0 Å². The van der Waals surface area contributed by atoms with Crippen LogP contribution in [0.5, 0.6) is 0 Å². The van der Waals surface area contributed by atoms with E-state index in [1.807, 2.05) is 12.4 Å². The summed E-state index contributed by atoms with van der Waals surface area (Å²) in [6.45, 7) is 3.31. The molecule has 0 bridgehead atoms. The number of imidazole rings is 1. The number of carboxylic acids is 1. The van der Waals surface area contributed by atoms with E-state index in [0.717, 1.165) is 51.1 Å². The lowest BCUT2D eigenvalue weighted by atomic mass is 9.85. The van der Waals surface area contributed by atoms with Crippen LogP contribution in [-0.2, 0) is 17.9 Å². The molecule has 1 N–H and O–H groups in total. The van der Waals surface area contributed by atoms with Crippen LogP contribution in [0.1, 0.15) is 31.5 Å². The number of hydrogen-bond acceptors (Lipinski definition) is 3. The number of hydrogen-bond donors (Lipinski definition) is 1. The third-order valence-corrected chi connectivity index (χ3v) is 4.36. The molecule has 18 heavy (non-hydrogen) atoms. The molecule has 0 saturated heterocycles. The predicted molar refractivity (Wildman–Crippen MR) is 66.0 cm³/mol. The van der Waals surface area contributed by atoms with Crippen molar-refractivity contribution in [1.82, 2.24) is 14.5 Å². The van der Waals surface area contributed by atoms with E-state index in [4.69, 9.17) is 0 Å². The van der Waals surface area contributed by atoms with Crippen LogP contribution < -0.4 is 0 Å². The summed E-state index contributed by atoms with van der Waals surface area (Å²) in [5, 5.41) is 9.50. The highest BCUT2D eigenvalue weighted by Crippen LogP contribution is 2.39. The van der Waals surface area contributed by atoms with Gasteiger partial charge in [0.2, 0.25) is 0 Å². The van der Waals surface area contributed by atoms with Crippen LogP contribution in [0.3, 0.4) is 0 Å². The SMILES string of the molecule is O=C(O)C1(CN2CCn3ccnc3C2)CCCC1. The zero-order chi connectivity index (χ0) is 12.6. The summed E-state index contributed by atoms with van der Waals surface area (Å²) in [7, 11) is 0. The monoisotopic (exact) mass is 249 g/mol. The summed E-state index contributed by atoms with van der Waals surface area (Å²) in [5.41, 5.74) is -0.505.